The molecule has 0 saturated heterocycles. The molecule has 0 atom stereocenters. The van der Waals surface area contributed by atoms with Crippen LogP contribution < -0.4 is 0 Å². The summed E-state index contributed by atoms with van der Waals surface area (Å²) in [5, 5.41) is 7.00. The first kappa shape index (κ1) is 21.5. The number of aliphatic imine (C=N–C) groups is 2. The Hall–Kier alpha value is -4.19. The van der Waals surface area contributed by atoms with Crippen molar-refractivity contribution < 1.29 is 4.79 Å². The predicted molar refractivity (Wildman–Crippen MR) is 124 cm³/mol. The van der Waals surface area contributed by atoms with Gasteiger partial charge < -0.3 is 0 Å². The number of aryl methyl sites for hydroxylation is 1. The second-order valence-electron chi connectivity index (χ2n) is 6.60. The zero-order valence-electron chi connectivity index (χ0n) is 17.2. The maximum Gasteiger partial charge on any atom is 0.171 e. The monoisotopic (exact) mass is 409 g/mol. The van der Waals surface area contributed by atoms with Crippen LogP contribution in [0.25, 0.3) is 0 Å². The SMILES string of the molecule is C(=NC(N=Cc1ccccc1)c1ccccc1)c1ccccc1.Cn1cc(C=O)nn1. The lowest BCUT2D eigenvalue weighted by atomic mass is 10.1. The molecule has 1 aromatic heterocycles. The number of carbonyl (C=O) groups is 1. The Kier molecular flexibility index (Phi) is 8.14. The Morgan fingerprint density at radius 1 is 0.774 bits per heavy atom. The molecular weight excluding hydrogens is 386 g/mol. The Morgan fingerprint density at radius 2 is 1.26 bits per heavy atom. The van der Waals surface area contributed by atoms with Crippen LogP contribution in [-0.2, 0) is 7.05 Å². The molecule has 0 bridgehead atoms. The van der Waals surface area contributed by atoms with Crippen LogP contribution in [0.2, 0.25) is 0 Å². The number of hydrogen-bond donors (Lipinski definition) is 0. The van der Waals surface area contributed by atoms with E-state index in [2.05, 4.69) is 32.4 Å². The standard InChI is InChI=1S/C21H18N2.C4H5N3O/c1-4-10-18(11-5-1)16-22-21(20-14-8-3-9-15-20)23-17-19-12-6-2-7-13-19;1-7-2-4(3-8)5-6-7/h1-17,21H;2-3H,1H3. The summed E-state index contributed by atoms with van der Waals surface area (Å²) in [5.74, 6) is 0. The lowest BCUT2D eigenvalue weighted by Crippen LogP contribution is -1.94. The molecule has 6 nitrogen and oxygen atoms in total. The lowest BCUT2D eigenvalue weighted by molar-refractivity contribution is 0.111. The summed E-state index contributed by atoms with van der Waals surface area (Å²) in [6.45, 7) is 0. The minimum Gasteiger partial charge on any atom is -0.296 e. The smallest absolute Gasteiger partial charge is 0.171 e. The van der Waals surface area contributed by atoms with Gasteiger partial charge in [0.15, 0.2) is 12.5 Å². The van der Waals surface area contributed by atoms with E-state index in [1.807, 2.05) is 91.3 Å². The zero-order valence-corrected chi connectivity index (χ0v) is 17.2. The van der Waals surface area contributed by atoms with Gasteiger partial charge >= 0.3 is 0 Å². The lowest BCUT2D eigenvalue weighted by Gasteiger charge is -2.07. The van der Waals surface area contributed by atoms with E-state index in [-0.39, 0.29) is 6.17 Å². The summed E-state index contributed by atoms with van der Waals surface area (Å²) in [7, 11) is 1.71. The molecule has 0 amide bonds. The Balaban J connectivity index is 0.000000287. The number of benzene rings is 3. The summed E-state index contributed by atoms with van der Waals surface area (Å²) in [5.41, 5.74) is 3.59. The van der Waals surface area contributed by atoms with Gasteiger partial charge in [0.25, 0.3) is 0 Å². The first-order valence-corrected chi connectivity index (χ1v) is 9.77. The summed E-state index contributed by atoms with van der Waals surface area (Å²) in [6, 6.07) is 30.3. The highest BCUT2D eigenvalue weighted by Crippen LogP contribution is 2.18. The minimum absolute atomic E-state index is 0.239. The van der Waals surface area contributed by atoms with Gasteiger partial charge in [0.1, 0.15) is 5.69 Å². The Labute approximate surface area is 181 Å². The quantitative estimate of drug-likeness (QED) is 0.346. The van der Waals surface area contributed by atoms with Gasteiger partial charge in [0, 0.05) is 19.5 Å². The van der Waals surface area contributed by atoms with Crippen LogP contribution in [0.3, 0.4) is 0 Å². The molecule has 4 rings (SSSR count). The van der Waals surface area contributed by atoms with Crippen LogP contribution in [0, 0.1) is 0 Å². The summed E-state index contributed by atoms with van der Waals surface area (Å²) in [6.07, 6.45) is 5.72. The number of aromatic nitrogens is 3. The first-order valence-electron chi connectivity index (χ1n) is 9.77. The van der Waals surface area contributed by atoms with Gasteiger partial charge in [-0.25, -0.2) is 0 Å². The van der Waals surface area contributed by atoms with Crippen LogP contribution in [-0.4, -0.2) is 33.7 Å². The van der Waals surface area contributed by atoms with Crippen molar-refractivity contribution in [2.24, 2.45) is 17.0 Å². The Morgan fingerprint density at radius 3 is 1.65 bits per heavy atom. The number of rotatable bonds is 6. The van der Waals surface area contributed by atoms with Gasteiger partial charge in [-0.1, -0.05) is 96.2 Å². The molecule has 0 fully saturated rings. The van der Waals surface area contributed by atoms with Crippen molar-refractivity contribution in [3.05, 3.63) is 120 Å². The van der Waals surface area contributed by atoms with Gasteiger partial charge in [0.05, 0.1) is 6.20 Å². The molecule has 0 radical (unpaired) electrons. The number of nitrogens with zero attached hydrogens (tertiary/aromatic N) is 5. The van der Waals surface area contributed by atoms with Crippen LogP contribution in [0.1, 0.15) is 33.3 Å². The van der Waals surface area contributed by atoms with E-state index in [0.717, 1.165) is 16.7 Å². The molecule has 0 aliphatic rings. The molecule has 6 heteroatoms. The maximum atomic E-state index is 9.90. The summed E-state index contributed by atoms with van der Waals surface area (Å²) >= 11 is 0. The predicted octanol–water partition coefficient (Wildman–Crippen LogP) is 4.55. The van der Waals surface area contributed by atoms with Crippen molar-refractivity contribution in [2.45, 2.75) is 6.17 Å². The fourth-order valence-electron chi connectivity index (χ4n) is 2.65. The number of carbonyl (C=O) groups excluding carboxylic acids is 1. The maximum absolute atomic E-state index is 9.90. The van der Waals surface area contributed by atoms with E-state index in [1.165, 1.54) is 4.68 Å². The van der Waals surface area contributed by atoms with Crippen molar-refractivity contribution in [1.82, 2.24) is 15.0 Å². The molecule has 3 aromatic carbocycles. The van der Waals surface area contributed by atoms with E-state index in [4.69, 9.17) is 0 Å². The molecule has 0 saturated carbocycles. The fourth-order valence-corrected chi connectivity index (χ4v) is 2.65. The van der Waals surface area contributed by atoms with Crippen molar-refractivity contribution in [1.29, 1.82) is 0 Å². The van der Waals surface area contributed by atoms with Crippen molar-refractivity contribution in [3.8, 4) is 0 Å². The molecule has 0 spiro atoms. The molecule has 0 aliphatic carbocycles. The van der Waals surface area contributed by atoms with E-state index in [1.54, 1.807) is 13.2 Å². The first-order chi connectivity index (χ1) is 15.2. The average Bonchev–Trinajstić information content (AvgIpc) is 3.27. The topological polar surface area (TPSA) is 72.5 Å². The highest BCUT2D eigenvalue weighted by atomic mass is 16.1. The van der Waals surface area contributed by atoms with E-state index in [9.17, 15) is 4.79 Å². The molecule has 0 aliphatic heterocycles. The molecule has 31 heavy (non-hydrogen) atoms. The Bertz CT molecular complexity index is 1060. The third kappa shape index (κ3) is 7.29. The van der Waals surface area contributed by atoms with E-state index in [0.29, 0.717) is 12.0 Å². The zero-order chi connectivity index (χ0) is 21.7. The second-order valence-corrected chi connectivity index (χ2v) is 6.60. The third-order valence-electron chi connectivity index (χ3n) is 4.17. The highest BCUT2D eigenvalue weighted by Gasteiger charge is 2.05. The molecule has 1 heterocycles. The van der Waals surface area contributed by atoms with Gasteiger partial charge in [0.2, 0.25) is 0 Å². The van der Waals surface area contributed by atoms with Crippen LogP contribution >= 0.6 is 0 Å². The van der Waals surface area contributed by atoms with Crippen LogP contribution in [0.4, 0.5) is 0 Å². The average molecular weight is 409 g/mol. The number of aldehydes is 1. The number of hydrogen-bond acceptors (Lipinski definition) is 5. The second kappa shape index (κ2) is 11.7. The summed E-state index contributed by atoms with van der Waals surface area (Å²) in [4.78, 5) is 19.2. The highest BCUT2D eigenvalue weighted by molar-refractivity contribution is 5.81. The molecule has 0 N–H and O–H groups in total. The van der Waals surface area contributed by atoms with Crippen LogP contribution in [0.15, 0.2) is 107 Å². The van der Waals surface area contributed by atoms with Crippen LogP contribution in [0.5, 0.6) is 0 Å². The third-order valence-corrected chi connectivity index (χ3v) is 4.17. The van der Waals surface area contributed by atoms with Gasteiger partial charge in [-0.2, -0.15) is 0 Å². The van der Waals surface area contributed by atoms with E-state index < -0.39 is 0 Å². The molecule has 0 unspecified atom stereocenters. The fraction of sp³-hybridized carbons (Fsp3) is 0.0800. The minimum atomic E-state index is -0.239. The molecule has 4 aromatic rings. The molecular formula is C25H23N5O. The van der Waals surface area contributed by atoms with Gasteiger partial charge in [-0.3, -0.25) is 19.5 Å². The van der Waals surface area contributed by atoms with Gasteiger partial charge in [-0.15, -0.1) is 5.10 Å². The van der Waals surface area contributed by atoms with Crippen molar-refractivity contribution in [2.75, 3.05) is 0 Å². The largest absolute Gasteiger partial charge is 0.296 e. The van der Waals surface area contributed by atoms with E-state index >= 15 is 0 Å². The normalized spacial score (nSPS) is 11.8. The molecule has 154 valence electrons. The van der Waals surface area contributed by atoms with Crippen molar-refractivity contribution in [3.63, 3.8) is 0 Å². The van der Waals surface area contributed by atoms with Crippen molar-refractivity contribution >= 4 is 18.7 Å². The van der Waals surface area contributed by atoms with Gasteiger partial charge in [-0.05, 0) is 16.7 Å². The summed E-state index contributed by atoms with van der Waals surface area (Å²) < 4.78 is 1.48.